The third-order valence-electron chi connectivity index (χ3n) is 6.39. The van der Waals surface area contributed by atoms with Gasteiger partial charge < -0.3 is 19.2 Å². The molecule has 0 saturated carbocycles. The number of aromatic nitrogens is 1. The Morgan fingerprint density at radius 3 is 2.10 bits per heavy atom. The van der Waals surface area contributed by atoms with E-state index in [0.29, 0.717) is 24.1 Å². The number of hydrogen-bond acceptors (Lipinski definition) is 5. The average Bonchev–Trinajstić information content (AvgIpc) is 2.79. The van der Waals surface area contributed by atoms with Crippen LogP contribution in [0.2, 0.25) is 0 Å². The molecule has 8 heteroatoms. The molecule has 2 rings (SSSR count). The highest BCUT2D eigenvalue weighted by molar-refractivity contribution is 6.63. The summed E-state index contributed by atoms with van der Waals surface area (Å²) in [7, 11) is 0.704. The summed E-state index contributed by atoms with van der Waals surface area (Å²) in [6, 6.07) is 1.38. The second kappa shape index (κ2) is 7.47. The molecule has 29 heavy (non-hydrogen) atoms. The summed E-state index contributed by atoms with van der Waals surface area (Å²) in [5.74, 6) is -0.687. The first kappa shape index (κ1) is 23.5. The van der Waals surface area contributed by atoms with Gasteiger partial charge in [0.05, 0.1) is 24.5 Å². The maximum atomic E-state index is 13.2. The third kappa shape index (κ3) is 3.72. The number of methoxy groups -OCH3 is 1. The molecule has 162 valence electrons. The van der Waals surface area contributed by atoms with Crippen LogP contribution in [0.1, 0.15) is 68.2 Å². The van der Waals surface area contributed by atoms with Crippen molar-refractivity contribution in [2.45, 2.75) is 85.0 Å². The minimum absolute atomic E-state index is 0.310. The van der Waals surface area contributed by atoms with Crippen LogP contribution >= 0.6 is 0 Å². The van der Waals surface area contributed by atoms with Crippen molar-refractivity contribution in [3.8, 4) is 5.75 Å². The lowest BCUT2D eigenvalue weighted by molar-refractivity contribution is -0.155. The fourth-order valence-electron chi connectivity index (χ4n) is 3.90. The zero-order valence-electron chi connectivity index (χ0n) is 19.1. The average molecular weight is 407 g/mol. The summed E-state index contributed by atoms with van der Waals surface area (Å²) in [5.41, 5.74) is -3.25. The zero-order valence-corrected chi connectivity index (χ0v) is 19.1. The van der Waals surface area contributed by atoms with E-state index in [0.717, 1.165) is 0 Å². The minimum atomic E-state index is -1.42. The van der Waals surface area contributed by atoms with Gasteiger partial charge >= 0.3 is 13.1 Å². The molecule has 1 atom stereocenters. The maximum Gasteiger partial charge on any atom is 0.498 e. The second-order valence-electron chi connectivity index (χ2n) is 9.76. The number of pyridine rings is 1. The number of nitrogens with zero attached hydrogens (tertiary/aromatic N) is 1. The zero-order chi connectivity index (χ0) is 22.4. The van der Waals surface area contributed by atoms with Crippen molar-refractivity contribution in [1.82, 2.24) is 4.57 Å². The number of aliphatic carboxylic acids is 1. The Labute approximate surface area is 173 Å². The molecule has 1 N–H and O–H groups in total. The Bertz CT molecular complexity index is 823. The van der Waals surface area contributed by atoms with E-state index in [2.05, 4.69) is 0 Å². The van der Waals surface area contributed by atoms with Crippen molar-refractivity contribution in [1.29, 1.82) is 0 Å². The van der Waals surface area contributed by atoms with Gasteiger partial charge in [0, 0.05) is 11.5 Å². The number of ether oxygens (including phenoxy) is 1. The first-order chi connectivity index (χ1) is 13.1. The van der Waals surface area contributed by atoms with Crippen LogP contribution < -0.4 is 15.8 Å². The summed E-state index contributed by atoms with van der Waals surface area (Å²) in [6.45, 7) is 15.1. The molecule has 1 aromatic rings. The molecule has 1 unspecified atom stereocenters. The normalized spacial score (nSPS) is 20.4. The molecule has 1 aliphatic rings. The molecule has 0 spiro atoms. The largest absolute Gasteiger partial charge is 0.498 e. The molecule has 0 amide bonds. The Hall–Kier alpha value is -1.80. The molecular formula is C21H34BNO6. The molecule has 1 aliphatic heterocycles. The van der Waals surface area contributed by atoms with E-state index >= 15 is 0 Å². The number of carboxylic acids is 1. The SMILES string of the molecule is CCCC(C(=O)O)(n1cc(OC)c(B2OC(C)(C)C(C)(C)O2)cc1=O)C(C)(C)C. The van der Waals surface area contributed by atoms with Crippen molar-refractivity contribution in [2.75, 3.05) is 7.11 Å². The van der Waals surface area contributed by atoms with Gasteiger partial charge in [0.25, 0.3) is 5.56 Å². The molecule has 1 saturated heterocycles. The monoisotopic (exact) mass is 407 g/mol. The van der Waals surface area contributed by atoms with E-state index < -0.39 is 40.8 Å². The lowest BCUT2D eigenvalue weighted by Gasteiger charge is -2.42. The summed E-state index contributed by atoms with van der Waals surface area (Å²) < 4.78 is 19.0. The third-order valence-corrected chi connectivity index (χ3v) is 6.39. The molecule has 0 aliphatic carbocycles. The Morgan fingerprint density at radius 1 is 1.21 bits per heavy atom. The predicted octanol–water partition coefficient (Wildman–Crippen LogP) is 2.78. The van der Waals surface area contributed by atoms with Crippen LogP contribution in [0, 0.1) is 5.41 Å². The van der Waals surface area contributed by atoms with Crippen LogP contribution in [0.25, 0.3) is 0 Å². The topological polar surface area (TPSA) is 87.0 Å². The molecule has 1 aromatic heterocycles. The van der Waals surface area contributed by atoms with Crippen LogP contribution in [0.3, 0.4) is 0 Å². The van der Waals surface area contributed by atoms with Gasteiger partial charge in [-0.2, -0.15) is 0 Å². The van der Waals surface area contributed by atoms with Gasteiger partial charge in [-0.25, -0.2) is 4.79 Å². The lowest BCUT2D eigenvalue weighted by atomic mass is 9.70. The smallest absolute Gasteiger partial charge is 0.496 e. The van der Waals surface area contributed by atoms with E-state index in [4.69, 9.17) is 14.0 Å². The fourth-order valence-corrected chi connectivity index (χ4v) is 3.90. The highest BCUT2D eigenvalue weighted by Gasteiger charge is 2.54. The second-order valence-corrected chi connectivity index (χ2v) is 9.76. The Balaban J connectivity index is 2.70. The van der Waals surface area contributed by atoms with Crippen molar-refractivity contribution < 1.29 is 23.9 Å². The van der Waals surface area contributed by atoms with E-state index in [-0.39, 0.29) is 0 Å². The number of carboxylic acid groups (broad SMARTS) is 1. The van der Waals surface area contributed by atoms with Crippen molar-refractivity contribution >= 4 is 18.6 Å². The van der Waals surface area contributed by atoms with Gasteiger partial charge in [-0.3, -0.25) is 9.36 Å². The number of hydrogen-bond donors (Lipinski definition) is 1. The maximum absolute atomic E-state index is 13.2. The summed E-state index contributed by atoms with van der Waals surface area (Å²) in [4.78, 5) is 25.7. The van der Waals surface area contributed by atoms with E-state index in [1.54, 1.807) is 0 Å². The van der Waals surface area contributed by atoms with Crippen LogP contribution in [0.4, 0.5) is 0 Å². The van der Waals surface area contributed by atoms with E-state index in [9.17, 15) is 14.7 Å². The first-order valence-corrected chi connectivity index (χ1v) is 10.0. The highest BCUT2D eigenvalue weighted by atomic mass is 16.7. The van der Waals surface area contributed by atoms with Crippen LogP contribution in [0.15, 0.2) is 17.1 Å². The van der Waals surface area contributed by atoms with Crippen molar-refractivity contribution in [2.24, 2.45) is 5.41 Å². The molecular weight excluding hydrogens is 373 g/mol. The number of carbonyl (C=O) groups is 1. The Kier molecular flexibility index (Phi) is 6.05. The summed E-state index contributed by atoms with van der Waals surface area (Å²) >= 11 is 0. The van der Waals surface area contributed by atoms with Gasteiger partial charge in [0.2, 0.25) is 0 Å². The minimum Gasteiger partial charge on any atom is -0.496 e. The van der Waals surface area contributed by atoms with Crippen LogP contribution in [-0.2, 0) is 19.6 Å². The molecule has 0 bridgehead atoms. The predicted molar refractivity (Wildman–Crippen MR) is 113 cm³/mol. The van der Waals surface area contributed by atoms with Gasteiger partial charge in [-0.05, 0) is 39.5 Å². The Morgan fingerprint density at radius 2 is 1.72 bits per heavy atom. The van der Waals surface area contributed by atoms with Crippen molar-refractivity contribution in [3.05, 3.63) is 22.6 Å². The lowest BCUT2D eigenvalue weighted by Crippen LogP contribution is -2.56. The molecule has 2 heterocycles. The molecule has 1 fully saturated rings. The standard InChI is InChI=1S/C21H34BNO6/c1-10-11-21(17(25)26,18(2,3)4)23-13-15(27-9)14(12-16(23)24)22-28-19(5,6)20(7,8)29-22/h12-13H,10-11H2,1-9H3,(H,25,26). The van der Waals surface area contributed by atoms with Gasteiger partial charge in [-0.1, -0.05) is 34.1 Å². The molecule has 7 nitrogen and oxygen atoms in total. The van der Waals surface area contributed by atoms with E-state index in [1.165, 1.54) is 23.9 Å². The summed E-state index contributed by atoms with van der Waals surface area (Å²) in [5, 5.41) is 10.2. The van der Waals surface area contributed by atoms with Crippen LogP contribution in [0.5, 0.6) is 5.75 Å². The van der Waals surface area contributed by atoms with Gasteiger partial charge in [0.1, 0.15) is 11.3 Å². The van der Waals surface area contributed by atoms with Crippen LogP contribution in [-0.4, -0.2) is 41.1 Å². The highest BCUT2D eigenvalue weighted by Crippen LogP contribution is 2.41. The van der Waals surface area contributed by atoms with E-state index in [1.807, 2.05) is 55.4 Å². The first-order valence-electron chi connectivity index (χ1n) is 10.0. The van der Waals surface area contributed by atoms with Gasteiger partial charge in [0.15, 0.2) is 0 Å². The summed E-state index contributed by atoms with van der Waals surface area (Å²) in [6.07, 6.45) is 2.40. The fraction of sp³-hybridized carbons (Fsp3) is 0.714. The van der Waals surface area contributed by atoms with Crippen molar-refractivity contribution in [3.63, 3.8) is 0 Å². The molecule has 0 radical (unpaired) electrons. The number of rotatable bonds is 6. The molecule has 0 aromatic carbocycles. The quantitative estimate of drug-likeness (QED) is 0.730. The van der Waals surface area contributed by atoms with Gasteiger partial charge in [-0.15, -0.1) is 0 Å².